The average molecular weight is 306 g/mol. The number of carbonyl (C=O) groups is 2. The molecule has 1 fully saturated rings. The van der Waals surface area contributed by atoms with E-state index in [9.17, 15) is 9.59 Å². The molecule has 0 atom stereocenters. The van der Waals surface area contributed by atoms with Crippen molar-refractivity contribution < 1.29 is 14.3 Å². The number of imide groups is 1. The molecule has 2 N–H and O–H groups in total. The van der Waals surface area contributed by atoms with Crippen LogP contribution in [0.2, 0.25) is 0 Å². The van der Waals surface area contributed by atoms with Crippen LogP contribution in [0.15, 0.2) is 29.2 Å². The van der Waals surface area contributed by atoms with Gasteiger partial charge in [-0.2, -0.15) is 0 Å². The van der Waals surface area contributed by atoms with E-state index < -0.39 is 0 Å². The maximum Gasteiger partial charge on any atom is 0.293 e. The largest absolute Gasteiger partial charge is 0.494 e. The lowest BCUT2D eigenvalue weighted by Gasteiger charge is -2.10. The highest BCUT2D eigenvalue weighted by Crippen LogP contribution is 2.32. The first-order chi connectivity index (χ1) is 10.2. The minimum Gasteiger partial charge on any atom is -0.494 e. The highest BCUT2D eigenvalue weighted by atomic mass is 32.2. The molecule has 0 aromatic heterocycles. The Kier molecular flexibility index (Phi) is 5.41. The van der Waals surface area contributed by atoms with Gasteiger partial charge in [0.1, 0.15) is 5.75 Å². The summed E-state index contributed by atoms with van der Waals surface area (Å²) < 4.78 is 5.36. The minimum absolute atomic E-state index is 0.231. The van der Waals surface area contributed by atoms with Gasteiger partial charge in [0.15, 0.2) is 0 Å². The van der Waals surface area contributed by atoms with Gasteiger partial charge in [-0.25, -0.2) is 0 Å². The van der Waals surface area contributed by atoms with Gasteiger partial charge in [0.2, 0.25) is 0 Å². The van der Waals surface area contributed by atoms with E-state index in [4.69, 9.17) is 10.5 Å². The van der Waals surface area contributed by atoms with Crippen molar-refractivity contribution in [2.24, 2.45) is 5.73 Å². The Balaban J connectivity index is 2.10. The molecule has 0 spiro atoms. The monoisotopic (exact) mass is 306 g/mol. The number of hydrogen-bond acceptors (Lipinski definition) is 5. The number of benzene rings is 1. The number of carbonyl (C=O) groups excluding carboxylic acids is 2. The Hall–Kier alpha value is -1.79. The lowest BCUT2D eigenvalue weighted by atomic mass is 10.2. The van der Waals surface area contributed by atoms with Gasteiger partial charge in [0.05, 0.1) is 11.5 Å². The number of rotatable bonds is 6. The van der Waals surface area contributed by atoms with Crippen LogP contribution in [0, 0.1) is 0 Å². The van der Waals surface area contributed by atoms with E-state index in [0.717, 1.165) is 23.1 Å². The number of thioether (sulfide) groups is 1. The highest BCUT2D eigenvalue weighted by molar-refractivity contribution is 8.18. The van der Waals surface area contributed by atoms with Gasteiger partial charge in [0, 0.05) is 6.54 Å². The van der Waals surface area contributed by atoms with Crippen molar-refractivity contribution in [3.05, 3.63) is 34.7 Å². The van der Waals surface area contributed by atoms with Crippen molar-refractivity contribution in [1.82, 2.24) is 4.90 Å². The number of nitrogens with two attached hydrogens (primary N) is 1. The zero-order valence-electron chi connectivity index (χ0n) is 11.9. The smallest absolute Gasteiger partial charge is 0.293 e. The third-order valence-corrected chi connectivity index (χ3v) is 3.86. The first kappa shape index (κ1) is 15.6. The molecule has 1 aromatic carbocycles. The summed E-state index contributed by atoms with van der Waals surface area (Å²) in [4.78, 5) is 25.6. The lowest BCUT2D eigenvalue weighted by Crippen LogP contribution is -2.30. The molecule has 1 aliphatic heterocycles. The molecule has 1 aliphatic rings. The van der Waals surface area contributed by atoms with Gasteiger partial charge in [-0.15, -0.1) is 0 Å². The van der Waals surface area contributed by atoms with Crippen LogP contribution < -0.4 is 10.5 Å². The van der Waals surface area contributed by atoms with Crippen LogP contribution in [0.25, 0.3) is 6.08 Å². The summed E-state index contributed by atoms with van der Waals surface area (Å²) in [6, 6.07) is 7.40. The van der Waals surface area contributed by atoms with E-state index >= 15 is 0 Å². The molecular weight excluding hydrogens is 288 g/mol. The average Bonchev–Trinajstić information content (AvgIpc) is 2.74. The Bertz CT molecular complexity index is 555. The fraction of sp³-hybridized carbons (Fsp3) is 0.333. The van der Waals surface area contributed by atoms with E-state index in [1.54, 1.807) is 6.08 Å². The van der Waals surface area contributed by atoms with E-state index in [0.29, 0.717) is 31.0 Å². The van der Waals surface area contributed by atoms with E-state index in [2.05, 4.69) is 0 Å². The second-order valence-electron chi connectivity index (χ2n) is 4.48. The van der Waals surface area contributed by atoms with Gasteiger partial charge < -0.3 is 10.5 Å². The van der Waals surface area contributed by atoms with Crippen LogP contribution in [0.5, 0.6) is 5.75 Å². The summed E-state index contributed by atoms with van der Waals surface area (Å²) >= 11 is 0.968. The lowest BCUT2D eigenvalue weighted by molar-refractivity contribution is -0.122. The molecule has 0 unspecified atom stereocenters. The zero-order valence-corrected chi connectivity index (χ0v) is 12.7. The first-order valence-electron chi connectivity index (χ1n) is 6.84. The molecule has 1 saturated heterocycles. The van der Waals surface area contributed by atoms with Crippen molar-refractivity contribution in [3.63, 3.8) is 0 Å². The molecule has 0 bridgehead atoms. The van der Waals surface area contributed by atoms with E-state index in [1.807, 2.05) is 31.2 Å². The molecule has 0 aliphatic carbocycles. The number of hydrogen-bond donors (Lipinski definition) is 1. The third-order valence-electron chi connectivity index (χ3n) is 2.95. The maximum atomic E-state index is 12.1. The van der Waals surface area contributed by atoms with Crippen LogP contribution in [0.3, 0.4) is 0 Å². The summed E-state index contributed by atoms with van der Waals surface area (Å²) in [7, 11) is 0. The summed E-state index contributed by atoms with van der Waals surface area (Å²) in [5.41, 5.74) is 6.28. The molecule has 1 aromatic rings. The Morgan fingerprint density at radius 3 is 2.62 bits per heavy atom. The van der Waals surface area contributed by atoms with Crippen LogP contribution in [-0.2, 0) is 4.79 Å². The maximum absolute atomic E-state index is 12.1. The van der Waals surface area contributed by atoms with Crippen LogP contribution in [-0.4, -0.2) is 35.7 Å². The van der Waals surface area contributed by atoms with Crippen LogP contribution in [0.4, 0.5) is 4.79 Å². The van der Waals surface area contributed by atoms with E-state index in [-0.39, 0.29) is 11.1 Å². The minimum atomic E-state index is -0.243. The number of amides is 2. The Morgan fingerprint density at radius 1 is 1.29 bits per heavy atom. The van der Waals surface area contributed by atoms with E-state index in [1.165, 1.54) is 4.90 Å². The standard InChI is InChI=1S/C15H18N2O3S/c1-2-20-12-6-4-11(5-7-12)10-13-14(18)17(9-3-8-16)15(19)21-13/h4-7,10H,2-3,8-9,16H2,1H3. The van der Waals surface area contributed by atoms with Crippen molar-refractivity contribution in [2.45, 2.75) is 13.3 Å². The van der Waals surface area contributed by atoms with Crippen molar-refractivity contribution >= 4 is 29.0 Å². The Labute approximate surface area is 128 Å². The SMILES string of the molecule is CCOc1ccc(C=C2SC(=O)N(CCCN)C2=O)cc1. The quantitative estimate of drug-likeness (QED) is 0.817. The zero-order chi connectivity index (χ0) is 15.2. The molecule has 6 heteroatoms. The molecule has 2 rings (SSSR count). The molecule has 0 saturated carbocycles. The van der Waals surface area contributed by atoms with Crippen LogP contribution in [0.1, 0.15) is 18.9 Å². The van der Waals surface area contributed by atoms with Crippen molar-refractivity contribution in [3.8, 4) is 5.75 Å². The van der Waals surface area contributed by atoms with Gasteiger partial charge in [-0.05, 0) is 55.4 Å². The molecule has 2 amide bonds. The molecule has 21 heavy (non-hydrogen) atoms. The summed E-state index contributed by atoms with van der Waals surface area (Å²) in [6.45, 7) is 3.37. The molecule has 112 valence electrons. The second kappa shape index (κ2) is 7.28. The normalized spacial score (nSPS) is 16.9. The van der Waals surface area contributed by atoms with Crippen molar-refractivity contribution in [2.75, 3.05) is 19.7 Å². The summed E-state index contributed by atoms with van der Waals surface area (Å²) in [5, 5.41) is -0.231. The fourth-order valence-corrected chi connectivity index (χ4v) is 2.79. The predicted octanol–water partition coefficient (Wildman–Crippen LogP) is 2.47. The second-order valence-corrected chi connectivity index (χ2v) is 5.47. The summed E-state index contributed by atoms with van der Waals surface area (Å²) in [6.07, 6.45) is 2.34. The molecule has 0 radical (unpaired) electrons. The topological polar surface area (TPSA) is 72.6 Å². The third kappa shape index (κ3) is 3.86. The number of ether oxygens (including phenoxy) is 1. The highest BCUT2D eigenvalue weighted by Gasteiger charge is 2.34. The molecule has 1 heterocycles. The van der Waals surface area contributed by atoms with Gasteiger partial charge >= 0.3 is 0 Å². The summed E-state index contributed by atoms with van der Waals surface area (Å²) in [5.74, 6) is 0.540. The first-order valence-corrected chi connectivity index (χ1v) is 7.65. The molecular formula is C15H18N2O3S. The van der Waals surface area contributed by atoms with Crippen molar-refractivity contribution in [1.29, 1.82) is 0 Å². The van der Waals surface area contributed by atoms with Crippen LogP contribution >= 0.6 is 11.8 Å². The van der Waals surface area contributed by atoms with Gasteiger partial charge in [-0.3, -0.25) is 14.5 Å². The van der Waals surface area contributed by atoms with Gasteiger partial charge in [0.25, 0.3) is 11.1 Å². The predicted molar refractivity (Wildman–Crippen MR) is 84.0 cm³/mol. The molecule has 5 nitrogen and oxygen atoms in total. The Morgan fingerprint density at radius 2 is 2.00 bits per heavy atom. The van der Waals surface area contributed by atoms with Gasteiger partial charge in [-0.1, -0.05) is 12.1 Å². The fourth-order valence-electron chi connectivity index (χ4n) is 1.92. The number of nitrogens with zero attached hydrogens (tertiary/aromatic N) is 1.